The van der Waals surface area contributed by atoms with Gasteiger partial charge in [0.15, 0.2) is 0 Å². The van der Waals surface area contributed by atoms with Crippen LogP contribution in [-0.4, -0.2) is 72.3 Å². The highest BCUT2D eigenvalue weighted by molar-refractivity contribution is 6.29. The summed E-state index contributed by atoms with van der Waals surface area (Å²) < 4.78 is 15.5. The van der Waals surface area contributed by atoms with Gasteiger partial charge in [-0.3, -0.25) is 9.59 Å². The fourth-order valence-corrected chi connectivity index (χ4v) is 3.86. The number of nitrogens with one attached hydrogen (secondary N) is 2. The van der Waals surface area contributed by atoms with Crippen LogP contribution in [0.1, 0.15) is 19.3 Å². The summed E-state index contributed by atoms with van der Waals surface area (Å²) in [6.07, 6.45) is 2.07. The lowest BCUT2D eigenvalue weighted by Gasteiger charge is -2.28. The van der Waals surface area contributed by atoms with Crippen LogP contribution in [0.4, 0.5) is 23.3 Å². The van der Waals surface area contributed by atoms with Crippen LogP contribution in [0.3, 0.4) is 0 Å². The third-order valence-electron chi connectivity index (χ3n) is 5.49. The summed E-state index contributed by atoms with van der Waals surface area (Å²) in [6, 6.07) is 5.11. The van der Waals surface area contributed by atoms with E-state index in [1.807, 2.05) is 0 Å². The number of carbonyl (C=O) groups excluding carboxylic acids is 2. The van der Waals surface area contributed by atoms with Crippen LogP contribution in [0.5, 0.6) is 5.75 Å². The lowest BCUT2D eigenvalue weighted by molar-refractivity contribution is -0.140. The van der Waals surface area contributed by atoms with Crippen molar-refractivity contribution in [3.8, 4) is 5.75 Å². The van der Waals surface area contributed by atoms with Gasteiger partial charge in [0.2, 0.25) is 11.9 Å². The van der Waals surface area contributed by atoms with E-state index >= 15 is 0 Å². The molecule has 1 aromatic carbocycles. The lowest BCUT2D eigenvalue weighted by Crippen LogP contribution is -2.36. The molecule has 1 aliphatic heterocycles. The van der Waals surface area contributed by atoms with Crippen molar-refractivity contribution >= 4 is 57.7 Å². The van der Waals surface area contributed by atoms with Gasteiger partial charge in [0.1, 0.15) is 28.9 Å². The number of morpholine rings is 1. The predicted molar refractivity (Wildman–Crippen MR) is 134 cm³/mol. The minimum absolute atomic E-state index is 0.146. The Morgan fingerprint density at radius 3 is 2.67 bits per heavy atom. The van der Waals surface area contributed by atoms with E-state index in [-0.39, 0.29) is 35.8 Å². The van der Waals surface area contributed by atoms with Gasteiger partial charge in [-0.15, -0.1) is 0 Å². The monoisotopic (exact) mass is 515 g/mol. The van der Waals surface area contributed by atoms with Crippen LogP contribution in [0, 0.1) is 0 Å². The molecule has 0 unspecified atom stereocenters. The zero-order valence-electron chi connectivity index (χ0n) is 19.9. The van der Waals surface area contributed by atoms with E-state index in [0.717, 1.165) is 0 Å². The molecule has 190 valence electrons. The summed E-state index contributed by atoms with van der Waals surface area (Å²) in [5.41, 5.74) is 1.02. The van der Waals surface area contributed by atoms with Crippen molar-refractivity contribution in [2.24, 2.45) is 0 Å². The highest BCUT2D eigenvalue weighted by Gasteiger charge is 2.17. The van der Waals surface area contributed by atoms with Gasteiger partial charge in [-0.2, -0.15) is 4.98 Å². The molecule has 36 heavy (non-hydrogen) atoms. The number of amides is 1. The number of aromatic nitrogens is 4. The number of halogens is 1. The summed E-state index contributed by atoms with van der Waals surface area (Å²) in [6.45, 7) is 2.62. The van der Waals surface area contributed by atoms with Gasteiger partial charge < -0.3 is 29.7 Å². The number of anilines is 4. The number of fused-ring (bicyclic) bond motifs is 1. The van der Waals surface area contributed by atoms with Crippen LogP contribution >= 0.6 is 11.6 Å². The minimum atomic E-state index is -0.362. The second kappa shape index (κ2) is 11.8. The SMILES string of the molecule is COC(=O)CCCC(=O)Nc1cc2c(Nc3nc(Cl)cc(N4CCOCC4)n3)ncnc2cc1OC. The fourth-order valence-electron chi connectivity index (χ4n) is 3.68. The molecule has 2 aromatic heterocycles. The zero-order chi connectivity index (χ0) is 25.5. The molecule has 0 bridgehead atoms. The molecule has 3 heterocycles. The molecule has 4 rings (SSSR count). The van der Waals surface area contributed by atoms with Crippen LogP contribution in [0.15, 0.2) is 24.5 Å². The molecule has 0 saturated carbocycles. The molecule has 1 aliphatic rings. The van der Waals surface area contributed by atoms with Crippen LogP contribution in [0.25, 0.3) is 10.9 Å². The van der Waals surface area contributed by atoms with Gasteiger partial charge >= 0.3 is 5.97 Å². The van der Waals surface area contributed by atoms with E-state index in [9.17, 15) is 9.59 Å². The number of nitrogens with zero attached hydrogens (tertiary/aromatic N) is 5. The topological polar surface area (TPSA) is 141 Å². The average molecular weight is 516 g/mol. The second-order valence-corrected chi connectivity index (χ2v) is 8.25. The molecule has 1 saturated heterocycles. The van der Waals surface area contributed by atoms with Gasteiger partial charge in [0, 0.05) is 43.5 Å². The highest BCUT2D eigenvalue weighted by atomic mass is 35.5. The van der Waals surface area contributed by atoms with Crippen molar-refractivity contribution in [2.75, 3.05) is 56.1 Å². The smallest absolute Gasteiger partial charge is 0.305 e. The molecule has 3 aromatic rings. The maximum atomic E-state index is 12.5. The standard InChI is InChI=1S/C23H26ClN7O5/c1-34-17-11-15-14(10-16(17)27-20(32)4-3-5-21(33)35-2)22(26-13-25-15)30-23-28-18(24)12-19(29-23)31-6-8-36-9-7-31/h10-13H,3-9H2,1-2H3,(H,27,32)(H,25,26,28,29,30). The van der Waals surface area contributed by atoms with Crippen molar-refractivity contribution in [2.45, 2.75) is 19.3 Å². The highest BCUT2D eigenvalue weighted by Crippen LogP contribution is 2.33. The number of ether oxygens (including phenoxy) is 3. The van der Waals surface area contributed by atoms with E-state index < -0.39 is 0 Å². The normalized spacial score (nSPS) is 13.4. The second-order valence-electron chi connectivity index (χ2n) is 7.87. The average Bonchev–Trinajstić information content (AvgIpc) is 2.88. The molecular formula is C23H26ClN7O5. The molecule has 0 atom stereocenters. The molecule has 12 nitrogen and oxygen atoms in total. The summed E-state index contributed by atoms with van der Waals surface area (Å²) in [7, 11) is 2.81. The molecule has 1 amide bonds. The maximum absolute atomic E-state index is 12.5. The van der Waals surface area contributed by atoms with Crippen molar-refractivity contribution < 1.29 is 23.8 Å². The number of methoxy groups -OCH3 is 2. The van der Waals surface area contributed by atoms with E-state index in [0.29, 0.717) is 66.7 Å². The Balaban J connectivity index is 1.58. The zero-order valence-corrected chi connectivity index (χ0v) is 20.7. The Hall–Kier alpha value is -3.77. The van der Waals surface area contributed by atoms with Crippen molar-refractivity contribution in [1.82, 2.24) is 19.9 Å². The first-order chi connectivity index (χ1) is 17.5. The number of benzene rings is 1. The first-order valence-electron chi connectivity index (χ1n) is 11.3. The Kier molecular flexibility index (Phi) is 8.28. The Morgan fingerprint density at radius 1 is 1.11 bits per heavy atom. The maximum Gasteiger partial charge on any atom is 0.305 e. The Bertz CT molecular complexity index is 1250. The number of carbonyl (C=O) groups is 2. The summed E-state index contributed by atoms with van der Waals surface area (Å²) in [5, 5.41) is 6.84. The molecule has 0 spiro atoms. The Labute approximate surface area is 212 Å². The third-order valence-corrected chi connectivity index (χ3v) is 5.68. The summed E-state index contributed by atoms with van der Waals surface area (Å²) in [5.74, 6) is 1.19. The van der Waals surface area contributed by atoms with Crippen LogP contribution in [0.2, 0.25) is 5.15 Å². The van der Waals surface area contributed by atoms with Gasteiger partial charge in [0.25, 0.3) is 0 Å². The number of hydrogen-bond donors (Lipinski definition) is 2. The van der Waals surface area contributed by atoms with E-state index in [4.69, 9.17) is 21.1 Å². The number of esters is 1. The largest absolute Gasteiger partial charge is 0.494 e. The van der Waals surface area contributed by atoms with E-state index in [1.165, 1.54) is 20.5 Å². The summed E-state index contributed by atoms with van der Waals surface area (Å²) in [4.78, 5) is 43.4. The van der Waals surface area contributed by atoms with Gasteiger partial charge in [0.05, 0.1) is 38.6 Å². The van der Waals surface area contributed by atoms with Crippen LogP contribution in [-0.2, 0) is 19.1 Å². The molecule has 0 radical (unpaired) electrons. The first kappa shape index (κ1) is 25.3. The van der Waals surface area contributed by atoms with Gasteiger partial charge in [-0.1, -0.05) is 11.6 Å². The molecule has 2 N–H and O–H groups in total. The molecular weight excluding hydrogens is 490 g/mol. The number of hydrogen-bond acceptors (Lipinski definition) is 11. The number of rotatable bonds is 9. The lowest BCUT2D eigenvalue weighted by atomic mass is 10.1. The third kappa shape index (κ3) is 6.26. The Morgan fingerprint density at radius 2 is 1.92 bits per heavy atom. The predicted octanol–water partition coefficient (Wildman–Crippen LogP) is 2.94. The minimum Gasteiger partial charge on any atom is -0.494 e. The van der Waals surface area contributed by atoms with Crippen molar-refractivity contribution in [1.29, 1.82) is 0 Å². The van der Waals surface area contributed by atoms with Crippen molar-refractivity contribution in [3.63, 3.8) is 0 Å². The molecule has 1 fully saturated rings. The quantitative estimate of drug-likeness (QED) is 0.321. The molecule has 13 heteroatoms. The van der Waals surface area contributed by atoms with E-state index in [1.54, 1.807) is 18.2 Å². The molecule has 0 aliphatic carbocycles. The van der Waals surface area contributed by atoms with Crippen molar-refractivity contribution in [3.05, 3.63) is 29.7 Å². The first-order valence-corrected chi connectivity index (χ1v) is 11.7. The van der Waals surface area contributed by atoms with Gasteiger partial charge in [-0.05, 0) is 12.5 Å². The summed E-state index contributed by atoms with van der Waals surface area (Å²) >= 11 is 6.27. The van der Waals surface area contributed by atoms with Gasteiger partial charge in [-0.25, -0.2) is 15.0 Å². The van der Waals surface area contributed by atoms with E-state index in [2.05, 4.69) is 40.2 Å². The fraction of sp³-hybridized carbons (Fsp3) is 0.391. The van der Waals surface area contributed by atoms with Crippen LogP contribution < -0.4 is 20.3 Å².